The fourth-order valence-electron chi connectivity index (χ4n) is 6.47. The van der Waals surface area contributed by atoms with Crippen LogP contribution in [0.3, 0.4) is 0 Å². The Labute approximate surface area is 198 Å². The van der Waals surface area contributed by atoms with E-state index >= 15 is 0 Å². The molecule has 2 bridgehead atoms. The zero-order chi connectivity index (χ0) is 22.5. The molecule has 5 heteroatoms. The van der Waals surface area contributed by atoms with Gasteiger partial charge in [-0.25, -0.2) is 4.79 Å². The molecular formula is C28H26ClNO3. The van der Waals surface area contributed by atoms with Gasteiger partial charge in [-0.05, 0) is 102 Å². The summed E-state index contributed by atoms with van der Waals surface area (Å²) in [6.45, 7) is 0.506. The van der Waals surface area contributed by atoms with Crippen LogP contribution in [0.5, 0.6) is 5.75 Å². The number of carboxylic acid groups (broad SMARTS) is 1. The maximum absolute atomic E-state index is 11.6. The molecule has 2 fully saturated rings. The summed E-state index contributed by atoms with van der Waals surface area (Å²) in [6, 6.07) is 22.0. The van der Waals surface area contributed by atoms with Crippen LogP contribution in [0.4, 0.5) is 5.69 Å². The fraction of sp³-hybridized carbons (Fsp3) is 0.321. The van der Waals surface area contributed by atoms with Gasteiger partial charge in [-0.2, -0.15) is 0 Å². The number of hydrogen-bond donors (Lipinski definition) is 2. The zero-order valence-corrected chi connectivity index (χ0v) is 19.0. The van der Waals surface area contributed by atoms with E-state index in [1.165, 1.54) is 30.4 Å². The van der Waals surface area contributed by atoms with Crippen LogP contribution in [0, 0.1) is 17.8 Å². The van der Waals surface area contributed by atoms with Crippen LogP contribution in [-0.2, 0) is 6.61 Å². The third-order valence-electron chi connectivity index (χ3n) is 7.89. The van der Waals surface area contributed by atoms with Crippen LogP contribution in [0.2, 0.25) is 5.02 Å². The molecule has 3 aromatic carbocycles. The number of aromatic carboxylic acids is 1. The van der Waals surface area contributed by atoms with Gasteiger partial charge in [0.1, 0.15) is 12.4 Å². The Morgan fingerprint density at radius 3 is 2.52 bits per heavy atom. The topological polar surface area (TPSA) is 58.6 Å². The summed E-state index contributed by atoms with van der Waals surface area (Å²) in [4.78, 5) is 11.6. The lowest BCUT2D eigenvalue weighted by Crippen LogP contribution is -2.35. The van der Waals surface area contributed by atoms with Crippen molar-refractivity contribution >= 4 is 23.3 Å². The van der Waals surface area contributed by atoms with Crippen molar-refractivity contribution in [2.45, 2.75) is 37.8 Å². The molecule has 0 radical (unpaired) electrons. The van der Waals surface area contributed by atoms with Crippen molar-refractivity contribution in [3.63, 3.8) is 0 Å². The van der Waals surface area contributed by atoms with E-state index < -0.39 is 5.97 Å². The Morgan fingerprint density at radius 2 is 1.76 bits per heavy atom. The minimum atomic E-state index is -0.853. The molecule has 4 nitrogen and oxygen atoms in total. The lowest BCUT2D eigenvalue weighted by atomic mass is 9.68. The van der Waals surface area contributed by atoms with E-state index in [-0.39, 0.29) is 6.04 Å². The van der Waals surface area contributed by atoms with E-state index in [9.17, 15) is 9.90 Å². The predicted octanol–water partition coefficient (Wildman–Crippen LogP) is 6.91. The van der Waals surface area contributed by atoms with Crippen LogP contribution < -0.4 is 10.1 Å². The number of rotatable bonds is 5. The molecule has 1 heterocycles. The summed E-state index contributed by atoms with van der Waals surface area (Å²) in [5, 5.41) is 14.0. The van der Waals surface area contributed by atoms with Gasteiger partial charge in [-0.3, -0.25) is 0 Å². The molecule has 5 atom stereocenters. The molecule has 0 aromatic heterocycles. The van der Waals surface area contributed by atoms with Crippen LogP contribution in [0.1, 0.15) is 58.3 Å². The molecule has 168 valence electrons. The van der Waals surface area contributed by atoms with E-state index in [4.69, 9.17) is 16.3 Å². The first-order valence-electron chi connectivity index (χ1n) is 11.7. The Hall–Kier alpha value is -2.98. The highest BCUT2D eigenvalue weighted by molar-refractivity contribution is 6.30. The van der Waals surface area contributed by atoms with Crippen LogP contribution >= 0.6 is 11.6 Å². The largest absolute Gasteiger partial charge is 0.489 e. The van der Waals surface area contributed by atoms with Gasteiger partial charge in [0.25, 0.3) is 0 Å². The first kappa shape index (κ1) is 20.6. The fourth-order valence-corrected chi connectivity index (χ4v) is 6.59. The van der Waals surface area contributed by atoms with E-state index in [1.807, 2.05) is 36.4 Å². The molecular weight excluding hydrogens is 434 g/mol. The highest BCUT2D eigenvalue weighted by Gasteiger charge is 2.53. The summed E-state index contributed by atoms with van der Waals surface area (Å²) in [6.07, 6.45) is 3.79. The second-order valence-corrected chi connectivity index (χ2v) is 10.1. The van der Waals surface area contributed by atoms with Gasteiger partial charge in [0.15, 0.2) is 0 Å². The normalized spacial score (nSPS) is 26.9. The van der Waals surface area contributed by atoms with E-state index in [0.717, 1.165) is 22.0 Å². The Kier molecular flexibility index (Phi) is 5.06. The lowest BCUT2D eigenvalue weighted by Gasteiger charge is -2.43. The SMILES string of the molecule is O=C(O)c1ccc2c(c1)[C@@H]1[C@H]3CC[C@@H](C3)[C@@H]1[C@@H](c1ccc(OCc3ccc(Cl)cc3)cc1)N2. The third kappa shape index (κ3) is 3.67. The maximum atomic E-state index is 11.6. The van der Waals surface area contributed by atoms with Crippen molar-refractivity contribution in [2.75, 3.05) is 5.32 Å². The van der Waals surface area contributed by atoms with Gasteiger partial charge in [0, 0.05) is 10.7 Å². The smallest absolute Gasteiger partial charge is 0.335 e. The average molecular weight is 460 g/mol. The molecule has 0 amide bonds. The van der Waals surface area contributed by atoms with Crippen molar-refractivity contribution in [2.24, 2.45) is 17.8 Å². The Bertz CT molecular complexity index is 1190. The third-order valence-corrected chi connectivity index (χ3v) is 8.14. The van der Waals surface area contributed by atoms with E-state index in [2.05, 4.69) is 29.6 Å². The van der Waals surface area contributed by atoms with Crippen molar-refractivity contribution in [3.05, 3.63) is 94.0 Å². The summed E-state index contributed by atoms with van der Waals surface area (Å²) in [5.74, 6) is 2.29. The molecule has 2 N–H and O–H groups in total. The first-order chi connectivity index (χ1) is 16.1. The van der Waals surface area contributed by atoms with Gasteiger partial charge in [0.05, 0.1) is 11.6 Å². The molecule has 2 aliphatic carbocycles. The molecule has 0 saturated heterocycles. The molecule has 0 unspecified atom stereocenters. The van der Waals surface area contributed by atoms with Crippen LogP contribution in [-0.4, -0.2) is 11.1 Å². The summed E-state index contributed by atoms with van der Waals surface area (Å²) in [5.41, 5.74) is 5.02. The molecule has 33 heavy (non-hydrogen) atoms. The predicted molar refractivity (Wildman–Crippen MR) is 129 cm³/mol. The second-order valence-electron chi connectivity index (χ2n) is 9.65. The number of nitrogens with one attached hydrogen (secondary N) is 1. The molecule has 0 spiro atoms. The van der Waals surface area contributed by atoms with E-state index in [1.54, 1.807) is 6.07 Å². The number of hydrogen-bond acceptors (Lipinski definition) is 3. The van der Waals surface area contributed by atoms with Crippen LogP contribution in [0.15, 0.2) is 66.7 Å². The number of ether oxygens (including phenoxy) is 1. The van der Waals surface area contributed by atoms with Gasteiger partial charge in [0.2, 0.25) is 0 Å². The number of carboxylic acids is 1. The summed E-state index contributed by atoms with van der Waals surface area (Å²) < 4.78 is 5.98. The second kappa shape index (κ2) is 8.11. The molecule has 3 aliphatic rings. The standard InChI is InChI=1S/C28H26ClNO3/c29-21-8-1-16(2-9-21)15-33-22-10-5-17(6-11-22)27-26-19-4-3-18(13-19)25(26)23-14-20(28(31)32)7-12-24(23)30-27/h1-2,5-12,14,18-19,25-27,30H,3-4,13,15H2,(H,31,32)/t18-,19-,25-,26-,27+/m0/s1. The quantitative estimate of drug-likeness (QED) is 0.435. The van der Waals surface area contributed by atoms with Gasteiger partial charge >= 0.3 is 5.97 Å². The minimum absolute atomic E-state index is 0.235. The van der Waals surface area contributed by atoms with Gasteiger partial charge in [-0.15, -0.1) is 0 Å². The minimum Gasteiger partial charge on any atom is -0.489 e. The number of anilines is 1. The highest BCUT2D eigenvalue weighted by atomic mass is 35.5. The average Bonchev–Trinajstić information content (AvgIpc) is 3.46. The van der Waals surface area contributed by atoms with Crippen molar-refractivity contribution in [3.8, 4) is 5.75 Å². The summed E-state index contributed by atoms with van der Waals surface area (Å²) >= 11 is 5.96. The molecule has 1 aliphatic heterocycles. The van der Waals surface area contributed by atoms with Gasteiger partial charge in [-0.1, -0.05) is 35.9 Å². The number of fused-ring (bicyclic) bond motifs is 7. The lowest BCUT2D eigenvalue weighted by molar-refractivity contribution is 0.0696. The molecule has 6 rings (SSSR count). The Morgan fingerprint density at radius 1 is 1.00 bits per heavy atom. The van der Waals surface area contributed by atoms with Crippen molar-refractivity contribution < 1.29 is 14.6 Å². The van der Waals surface area contributed by atoms with E-state index in [0.29, 0.717) is 35.8 Å². The maximum Gasteiger partial charge on any atom is 0.335 e. The molecule has 2 saturated carbocycles. The van der Waals surface area contributed by atoms with Crippen LogP contribution in [0.25, 0.3) is 0 Å². The summed E-state index contributed by atoms with van der Waals surface area (Å²) in [7, 11) is 0. The Balaban J connectivity index is 1.25. The van der Waals surface area contributed by atoms with Crippen molar-refractivity contribution in [1.82, 2.24) is 0 Å². The van der Waals surface area contributed by atoms with Gasteiger partial charge < -0.3 is 15.2 Å². The molecule has 3 aromatic rings. The number of benzene rings is 3. The monoisotopic (exact) mass is 459 g/mol. The highest BCUT2D eigenvalue weighted by Crippen LogP contribution is 2.63. The first-order valence-corrected chi connectivity index (χ1v) is 12.1. The van der Waals surface area contributed by atoms with Crippen molar-refractivity contribution in [1.29, 1.82) is 0 Å². The number of halogens is 1. The number of carbonyl (C=O) groups is 1. The zero-order valence-electron chi connectivity index (χ0n) is 18.2.